The Hall–Kier alpha value is -3.58. The van der Waals surface area contributed by atoms with Crippen molar-refractivity contribution in [2.75, 3.05) is 0 Å². The topological polar surface area (TPSA) is 70.8 Å². The summed E-state index contributed by atoms with van der Waals surface area (Å²) in [7, 11) is 0. The van der Waals surface area contributed by atoms with E-state index in [2.05, 4.69) is 34.8 Å². The van der Waals surface area contributed by atoms with Gasteiger partial charge in [0, 0.05) is 25.2 Å². The second kappa shape index (κ2) is 10.1. The molecule has 0 radical (unpaired) electrons. The molecule has 7 heteroatoms. The number of nitro benzene ring substituents is 1. The van der Waals surface area contributed by atoms with Gasteiger partial charge in [-0.15, -0.1) is 0 Å². The van der Waals surface area contributed by atoms with Gasteiger partial charge in [-0.25, -0.2) is 0 Å². The summed E-state index contributed by atoms with van der Waals surface area (Å²) in [5.74, 6) is 0. The van der Waals surface area contributed by atoms with Gasteiger partial charge in [0.1, 0.15) is 0 Å². The number of nitrogens with zero attached hydrogens (tertiary/aromatic N) is 3. The van der Waals surface area contributed by atoms with Crippen molar-refractivity contribution in [3.63, 3.8) is 0 Å². The summed E-state index contributed by atoms with van der Waals surface area (Å²) >= 11 is 5.56. The van der Waals surface area contributed by atoms with Crippen LogP contribution in [0.4, 0.5) is 5.69 Å². The molecule has 0 saturated carbocycles. The number of nitrogens with one attached hydrogen (secondary N) is 1. The van der Waals surface area contributed by atoms with E-state index < -0.39 is 4.92 Å². The molecule has 0 aliphatic rings. The fourth-order valence-corrected chi connectivity index (χ4v) is 2.90. The van der Waals surface area contributed by atoms with Crippen LogP contribution in [0.25, 0.3) is 0 Å². The van der Waals surface area contributed by atoms with Crippen molar-refractivity contribution >= 4 is 29.2 Å². The molecule has 0 spiro atoms. The summed E-state index contributed by atoms with van der Waals surface area (Å²) in [5, 5.41) is 15.4. The van der Waals surface area contributed by atoms with Crippen molar-refractivity contribution in [1.82, 2.24) is 10.3 Å². The maximum atomic E-state index is 10.7. The Bertz CT molecular complexity index is 935. The summed E-state index contributed by atoms with van der Waals surface area (Å²) in [6.07, 6.45) is 1.58. The van der Waals surface area contributed by atoms with Crippen molar-refractivity contribution in [2.45, 2.75) is 13.1 Å². The van der Waals surface area contributed by atoms with E-state index in [1.54, 1.807) is 18.3 Å². The molecule has 29 heavy (non-hydrogen) atoms. The van der Waals surface area contributed by atoms with Crippen molar-refractivity contribution in [2.24, 2.45) is 5.10 Å². The van der Waals surface area contributed by atoms with Crippen LogP contribution in [-0.4, -0.2) is 21.2 Å². The standard InChI is InChI=1S/C22H20N4O2S/c27-26(28)21-13-11-18(12-14-21)15-23-24-22(29)25(16-19-7-3-1-4-8-19)17-20-9-5-2-6-10-20/h1-15H,16-17H2,(H,24,29)/b23-15-. The fourth-order valence-electron chi connectivity index (χ4n) is 2.72. The van der Waals surface area contributed by atoms with Crippen LogP contribution >= 0.6 is 12.2 Å². The highest BCUT2D eigenvalue weighted by atomic mass is 32.1. The van der Waals surface area contributed by atoms with Gasteiger partial charge in [0.15, 0.2) is 5.11 Å². The lowest BCUT2D eigenvalue weighted by atomic mass is 10.2. The molecular formula is C22H20N4O2S. The summed E-state index contributed by atoms with van der Waals surface area (Å²) in [5.41, 5.74) is 5.98. The number of rotatable bonds is 7. The lowest BCUT2D eigenvalue weighted by Crippen LogP contribution is -2.36. The molecule has 6 nitrogen and oxygen atoms in total. The number of non-ortho nitro benzene ring substituents is 1. The van der Waals surface area contributed by atoms with Crippen LogP contribution in [0.2, 0.25) is 0 Å². The molecule has 0 heterocycles. The average Bonchev–Trinajstić information content (AvgIpc) is 2.75. The zero-order valence-corrected chi connectivity index (χ0v) is 16.5. The summed E-state index contributed by atoms with van der Waals surface area (Å²) < 4.78 is 0. The maximum absolute atomic E-state index is 10.7. The zero-order chi connectivity index (χ0) is 20.5. The van der Waals surface area contributed by atoms with Crippen molar-refractivity contribution < 1.29 is 4.92 Å². The van der Waals surface area contributed by atoms with E-state index in [0.29, 0.717) is 18.2 Å². The van der Waals surface area contributed by atoms with E-state index in [-0.39, 0.29) is 5.69 Å². The Morgan fingerprint density at radius 1 is 0.931 bits per heavy atom. The molecule has 0 saturated heterocycles. The van der Waals surface area contributed by atoms with Gasteiger partial charge < -0.3 is 4.90 Å². The predicted molar refractivity (Wildman–Crippen MR) is 119 cm³/mol. The largest absolute Gasteiger partial charge is 0.339 e. The Labute approximate surface area is 174 Å². The minimum Gasteiger partial charge on any atom is -0.339 e. The van der Waals surface area contributed by atoms with E-state index in [9.17, 15) is 10.1 Å². The number of benzene rings is 3. The van der Waals surface area contributed by atoms with Crippen molar-refractivity contribution in [1.29, 1.82) is 0 Å². The second-order valence-electron chi connectivity index (χ2n) is 6.35. The van der Waals surface area contributed by atoms with E-state index >= 15 is 0 Å². The van der Waals surface area contributed by atoms with Crippen LogP contribution in [0.1, 0.15) is 16.7 Å². The molecule has 0 aromatic heterocycles. The monoisotopic (exact) mass is 404 g/mol. The Morgan fingerprint density at radius 2 is 1.45 bits per heavy atom. The number of nitro groups is 1. The average molecular weight is 404 g/mol. The molecular weight excluding hydrogens is 384 g/mol. The van der Waals surface area contributed by atoms with Gasteiger partial charge in [-0.3, -0.25) is 15.5 Å². The van der Waals surface area contributed by atoms with Crippen LogP contribution in [-0.2, 0) is 13.1 Å². The van der Waals surface area contributed by atoms with Gasteiger partial charge in [-0.2, -0.15) is 5.10 Å². The van der Waals surface area contributed by atoms with Gasteiger partial charge in [-0.05, 0) is 41.0 Å². The molecule has 0 bridgehead atoms. The molecule has 1 N–H and O–H groups in total. The number of hydrazone groups is 1. The Morgan fingerprint density at radius 3 is 1.93 bits per heavy atom. The molecule has 0 amide bonds. The second-order valence-corrected chi connectivity index (χ2v) is 6.74. The molecule has 3 rings (SSSR count). The molecule has 0 aliphatic heterocycles. The van der Waals surface area contributed by atoms with Gasteiger partial charge >= 0.3 is 0 Å². The lowest BCUT2D eigenvalue weighted by molar-refractivity contribution is -0.384. The highest BCUT2D eigenvalue weighted by molar-refractivity contribution is 7.80. The summed E-state index contributed by atoms with van der Waals surface area (Å²) in [6.45, 7) is 1.29. The molecule has 146 valence electrons. The highest BCUT2D eigenvalue weighted by Gasteiger charge is 2.11. The lowest BCUT2D eigenvalue weighted by Gasteiger charge is -2.25. The first kappa shape index (κ1) is 20.2. The molecule has 0 atom stereocenters. The van der Waals surface area contributed by atoms with Crippen LogP contribution in [0.3, 0.4) is 0 Å². The van der Waals surface area contributed by atoms with Gasteiger partial charge in [0.25, 0.3) is 5.69 Å². The fraction of sp³-hybridized carbons (Fsp3) is 0.0909. The van der Waals surface area contributed by atoms with E-state index in [0.717, 1.165) is 16.7 Å². The third-order valence-electron chi connectivity index (χ3n) is 4.20. The minimum absolute atomic E-state index is 0.0440. The van der Waals surface area contributed by atoms with E-state index in [4.69, 9.17) is 12.2 Å². The first-order valence-corrected chi connectivity index (χ1v) is 9.43. The molecule has 3 aromatic carbocycles. The molecule has 0 fully saturated rings. The Kier molecular flexibility index (Phi) is 7.02. The third kappa shape index (κ3) is 6.22. The van der Waals surface area contributed by atoms with Gasteiger partial charge in [-0.1, -0.05) is 60.7 Å². The normalized spacial score (nSPS) is 10.6. The quantitative estimate of drug-likeness (QED) is 0.272. The van der Waals surface area contributed by atoms with Crippen LogP contribution in [0.5, 0.6) is 0 Å². The summed E-state index contributed by atoms with van der Waals surface area (Å²) in [6, 6.07) is 26.3. The maximum Gasteiger partial charge on any atom is 0.269 e. The van der Waals surface area contributed by atoms with E-state index in [1.165, 1.54) is 12.1 Å². The van der Waals surface area contributed by atoms with Crippen LogP contribution in [0.15, 0.2) is 90.0 Å². The molecule has 0 aliphatic carbocycles. The molecule has 0 unspecified atom stereocenters. The number of hydrogen-bond donors (Lipinski definition) is 1. The zero-order valence-electron chi connectivity index (χ0n) is 15.6. The predicted octanol–water partition coefficient (Wildman–Crippen LogP) is 4.51. The van der Waals surface area contributed by atoms with Crippen LogP contribution < -0.4 is 5.43 Å². The first-order valence-electron chi connectivity index (χ1n) is 9.02. The third-order valence-corrected chi connectivity index (χ3v) is 4.55. The summed E-state index contributed by atoms with van der Waals surface area (Å²) in [4.78, 5) is 12.3. The van der Waals surface area contributed by atoms with Crippen molar-refractivity contribution in [3.8, 4) is 0 Å². The van der Waals surface area contributed by atoms with Crippen molar-refractivity contribution in [3.05, 3.63) is 112 Å². The first-order chi connectivity index (χ1) is 14.1. The van der Waals surface area contributed by atoms with Gasteiger partial charge in [0.05, 0.1) is 11.1 Å². The number of hydrogen-bond acceptors (Lipinski definition) is 4. The smallest absolute Gasteiger partial charge is 0.269 e. The highest BCUT2D eigenvalue weighted by Crippen LogP contribution is 2.12. The van der Waals surface area contributed by atoms with Gasteiger partial charge in [0.2, 0.25) is 0 Å². The number of thiocarbonyl (C=S) groups is 1. The Balaban J connectivity index is 1.67. The van der Waals surface area contributed by atoms with Crippen LogP contribution in [0, 0.1) is 10.1 Å². The van der Waals surface area contributed by atoms with E-state index in [1.807, 2.05) is 41.3 Å². The minimum atomic E-state index is -0.431. The molecule has 3 aromatic rings. The SMILES string of the molecule is O=[N+]([O-])c1ccc(/C=N\NC(=S)N(Cc2ccccc2)Cc2ccccc2)cc1.